The third-order valence-corrected chi connectivity index (χ3v) is 3.61. The molecule has 1 fully saturated rings. The molecule has 3 heterocycles. The van der Waals surface area contributed by atoms with E-state index in [1.165, 1.54) is 0 Å². The van der Waals surface area contributed by atoms with E-state index in [1.807, 2.05) is 19.1 Å². The lowest BCUT2D eigenvalue weighted by Gasteiger charge is -2.32. The Balaban J connectivity index is 1.68. The Bertz CT molecular complexity index is 550. The molecule has 2 aromatic heterocycles. The van der Waals surface area contributed by atoms with Crippen molar-refractivity contribution in [1.29, 1.82) is 0 Å². The van der Waals surface area contributed by atoms with Crippen LogP contribution < -0.4 is 10.1 Å². The van der Waals surface area contributed by atoms with Crippen molar-refractivity contribution in [3.63, 3.8) is 0 Å². The van der Waals surface area contributed by atoms with Gasteiger partial charge in [-0.2, -0.15) is 0 Å². The Labute approximate surface area is 133 Å². The number of aryl methyl sites for hydroxylation is 1. The van der Waals surface area contributed by atoms with Crippen LogP contribution in [0, 0.1) is 6.92 Å². The number of pyridine rings is 1. The number of halogens is 1. The molecule has 3 rings (SSSR count). The number of hydrogen-bond donors (Lipinski definition) is 1. The van der Waals surface area contributed by atoms with Crippen LogP contribution in [0.15, 0.2) is 30.7 Å². The maximum Gasteiger partial charge on any atom is 0.223 e. The normalized spacial score (nSPS) is 21.4. The molecule has 0 radical (unpaired) electrons. The Morgan fingerprint density at radius 1 is 1.23 bits per heavy atom. The third-order valence-electron chi connectivity index (χ3n) is 3.41. The number of nitrogens with one attached hydrogen (secondary N) is 1. The molecule has 1 aliphatic heterocycles. The highest BCUT2D eigenvalue weighted by Crippen LogP contribution is 2.19. The molecule has 7 heteroatoms. The van der Waals surface area contributed by atoms with E-state index in [0.717, 1.165) is 17.9 Å². The fourth-order valence-corrected chi connectivity index (χ4v) is 2.34. The smallest absolute Gasteiger partial charge is 0.223 e. The zero-order valence-corrected chi connectivity index (χ0v) is 13.0. The summed E-state index contributed by atoms with van der Waals surface area (Å²) in [6.45, 7) is 3.13. The Morgan fingerprint density at radius 2 is 2.05 bits per heavy atom. The van der Waals surface area contributed by atoms with Crippen molar-refractivity contribution in [3.05, 3.63) is 41.4 Å². The van der Waals surface area contributed by atoms with Crippen molar-refractivity contribution in [3.8, 4) is 5.75 Å². The molecule has 0 unspecified atom stereocenters. The van der Waals surface area contributed by atoms with Crippen LogP contribution in [0.4, 0.5) is 5.95 Å². The second-order valence-electron chi connectivity index (χ2n) is 5.13. The van der Waals surface area contributed by atoms with Gasteiger partial charge in [0.05, 0.1) is 36.3 Å². The van der Waals surface area contributed by atoms with Gasteiger partial charge in [0.15, 0.2) is 0 Å². The van der Waals surface area contributed by atoms with Crippen molar-refractivity contribution in [2.24, 2.45) is 0 Å². The van der Waals surface area contributed by atoms with Crippen LogP contribution in [0.5, 0.6) is 5.75 Å². The maximum atomic E-state index is 5.99. The zero-order valence-electron chi connectivity index (χ0n) is 12.2. The summed E-state index contributed by atoms with van der Waals surface area (Å²) < 4.78 is 11.5. The maximum absolute atomic E-state index is 5.99. The summed E-state index contributed by atoms with van der Waals surface area (Å²) in [5, 5.41) is 3.79. The second-order valence-corrected chi connectivity index (χ2v) is 5.57. The van der Waals surface area contributed by atoms with Gasteiger partial charge in [0.25, 0.3) is 0 Å². The van der Waals surface area contributed by atoms with Gasteiger partial charge in [0.2, 0.25) is 5.95 Å². The molecular weight excluding hydrogens is 304 g/mol. The number of anilines is 1. The van der Waals surface area contributed by atoms with E-state index in [9.17, 15) is 0 Å². The van der Waals surface area contributed by atoms with E-state index in [0.29, 0.717) is 24.2 Å². The van der Waals surface area contributed by atoms with E-state index in [1.54, 1.807) is 18.6 Å². The summed E-state index contributed by atoms with van der Waals surface area (Å²) in [6, 6.07) is 3.90. The average Bonchev–Trinajstić information content (AvgIpc) is 2.54. The highest BCUT2D eigenvalue weighted by Gasteiger charge is 2.28. The number of aromatic nitrogens is 3. The van der Waals surface area contributed by atoms with Gasteiger partial charge in [0.1, 0.15) is 11.9 Å². The van der Waals surface area contributed by atoms with E-state index >= 15 is 0 Å². The molecule has 0 aliphatic carbocycles. The van der Waals surface area contributed by atoms with Crippen molar-refractivity contribution >= 4 is 17.5 Å². The Kier molecular flexibility index (Phi) is 4.70. The monoisotopic (exact) mass is 320 g/mol. The second kappa shape index (κ2) is 6.89. The number of hydrogen-bond acceptors (Lipinski definition) is 6. The molecule has 1 saturated heterocycles. The van der Waals surface area contributed by atoms with Crippen LogP contribution in [0.2, 0.25) is 5.02 Å². The summed E-state index contributed by atoms with van der Waals surface area (Å²) in [5.41, 5.74) is 0.955. The van der Waals surface area contributed by atoms with Crippen molar-refractivity contribution in [2.45, 2.75) is 25.5 Å². The largest absolute Gasteiger partial charge is 0.484 e. The molecule has 116 valence electrons. The fraction of sp³-hybridized carbons (Fsp3) is 0.400. The van der Waals surface area contributed by atoms with Gasteiger partial charge in [-0.1, -0.05) is 11.6 Å². The molecule has 1 aliphatic rings. The summed E-state index contributed by atoms with van der Waals surface area (Å²) >= 11 is 5.80. The zero-order chi connectivity index (χ0) is 15.4. The predicted molar refractivity (Wildman–Crippen MR) is 83.3 cm³/mol. The Morgan fingerprint density at radius 3 is 2.77 bits per heavy atom. The molecule has 1 N–H and O–H groups in total. The van der Waals surface area contributed by atoms with Crippen LogP contribution in [0.1, 0.15) is 12.1 Å². The lowest BCUT2D eigenvalue weighted by Crippen LogP contribution is -2.45. The molecule has 6 nitrogen and oxygen atoms in total. The molecule has 2 atom stereocenters. The molecule has 2 aromatic rings. The van der Waals surface area contributed by atoms with Crippen LogP contribution in [-0.4, -0.2) is 40.3 Å². The van der Waals surface area contributed by atoms with Crippen LogP contribution in [-0.2, 0) is 4.74 Å². The van der Waals surface area contributed by atoms with E-state index in [-0.39, 0.29) is 12.1 Å². The van der Waals surface area contributed by atoms with Gasteiger partial charge in [-0.25, -0.2) is 9.97 Å². The van der Waals surface area contributed by atoms with Crippen molar-refractivity contribution in [2.75, 3.05) is 18.5 Å². The van der Waals surface area contributed by atoms with Crippen molar-refractivity contribution < 1.29 is 9.47 Å². The van der Waals surface area contributed by atoms with Gasteiger partial charge in [0, 0.05) is 12.3 Å². The number of nitrogens with zero attached hydrogens (tertiary/aromatic N) is 3. The molecule has 0 bridgehead atoms. The lowest BCUT2D eigenvalue weighted by molar-refractivity contribution is -0.000859. The first-order valence-electron chi connectivity index (χ1n) is 7.12. The van der Waals surface area contributed by atoms with Gasteiger partial charge >= 0.3 is 0 Å². The van der Waals surface area contributed by atoms with Gasteiger partial charge in [-0.15, -0.1) is 0 Å². The van der Waals surface area contributed by atoms with Crippen LogP contribution >= 0.6 is 11.6 Å². The molecule has 0 amide bonds. The van der Waals surface area contributed by atoms with Crippen LogP contribution in [0.25, 0.3) is 0 Å². The molecule has 0 aromatic carbocycles. The number of rotatable bonds is 4. The van der Waals surface area contributed by atoms with E-state index < -0.39 is 0 Å². The number of ether oxygens (including phenoxy) is 2. The van der Waals surface area contributed by atoms with Gasteiger partial charge < -0.3 is 14.8 Å². The molecule has 0 spiro atoms. The lowest BCUT2D eigenvalue weighted by atomic mass is 10.1. The van der Waals surface area contributed by atoms with E-state index in [4.69, 9.17) is 21.1 Å². The average molecular weight is 321 g/mol. The minimum Gasteiger partial charge on any atom is -0.484 e. The Hall–Kier alpha value is -1.92. The SMILES string of the molecule is Cc1ccc(O[C@@H]2COCC[C@@H]2Nc2ncc(Cl)cn2)cn1. The summed E-state index contributed by atoms with van der Waals surface area (Å²) in [4.78, 5) is 12.6. The summed E-state index contributed by atoms with van der Waals surface area (Å²) in [7, 11) is 0. The van der Waals surface area contributed by atoms with E-state index in [2.05, 4.69) is 20.3 Å². The quantitative estimate of drug-likeness (QED) is 0.933. The highest BCUT2D eigenvalue weighted by atomic mass is 35.5. The minimum atomic E-state index is -0.127. The first kappa shape index (κ1) is 15.0. The predicted octanol–water partition coefficient (Wildman–Crippen LogP) is 2.48. The molecular formula is C15H17ClN4O2. The first-order valence-corrected chi connectivity index (χ1v) is 7.49. The molecule has 0 saturated carbocycles. The summed E-state index contributed by atoms with van der Waals surface area (Å²) in [5.74, 6) is 1.26. The summed E-state index contributed by atoms with van der Waals surface area (Å²) in [6.07, 6.45) is 5.54. The van der Waals surface area contributed by atoms with Gasteiger partial charge in [-0.3, -0.25) is 4.98 Å². The van der Waals surface area contributed by atoms with Crippen LogP contribution in [0.3, 0.4) is 0 Å². The topological polar surface area (TPSA) is 69.2 Å². The first-order chi connectivity index (χ1) is 10.7. The standard InChI is InChI=1S/C15H17ClN4O2/c1-10-2-3-12(8-17-10)22-14-9-21-5-4-13(14)20-15-18-6-11(16)7-19-15/h2-3,6-8,13-14H,4-5,9H2,1H3,(H,18,19,20)/t13-,14+/m0/s1. The fourth-order valence-electron chi connectivity index (χ4n) is 2.24. The minimum absolute atomic E-state index is 0.0660. The van der Waals surface area contributed by atoms with Gasteiger partial charge in [-0.05, 0) is 25.5 Å². The third kappa shape index (κ3) is 3.84. The highest BCUT2D eigenvalue weighted by molar-refractivity contribution is 6.30. The molecule has 22 heavy (non-hydrogen) atoms. The van der Waals surface area contributed by atoms with Crippen molar-refractivity contribution in [1.82, 2.24) is 15.0 Å².